The Labute approximate surface area is 178 Å². The number of hydrogen-bond acceptors (Lipinski definition) is 7. The van der Waals surface area contributed by atoms with Crippen molar-refractivity contribution in [3.8, 4) is 11.5 Å². The number of benzene rings is 2. The second-order valence-electron chi connectivity index (χ2n) is 6.82. The van der Waals surface area contributed by atoms with E-state index in [4.69, 9.17) is 9.15 Å². The van der Waals surface area contributed by atoms with Gasteiger partial charge in [0.25, 0.3) is 5.89 Å². The van der Waals surface area contributed by atoms with E-state index in [9.17, 15) is 9.59 Å². The molecule has 1 aromatic heterocycles. The third-order valence-corrected chi connectivity index (χ3v) is 5.79. The molecule has 7 nitrogen and oxygen atoms in total. The fraction of sp³-hybridized carbons (Fsp3) is 0.273. The number of likely N-dealkylation sites (tertiary alicyclic amines) is 1. The first-order chi connectivity index (χ1) is 14.7. The molecular formula is C22H21N3O4S. The minimum Gasteiger partial charge on any atom is -0.452 e. The van der Waals surface area contributed by atoms with Crippen LogP contribution in [0, 0.1) is 0 Å². The molecule has 0 spiro atoms. The van der Waals surface area contributed by atoms with Crippen molar-refractivity contribution in [1.82, 2.24) is 15.1 Å². The molecule has 0 bridgehead atoms. The van der Waals surface area contributed by atoms with Crippen LogP contribution < -0.4 is 0 Å². The Morgan fingerprint density at radius 1 is 1.00 bits per heavy atom. The molecule has 30 heavy (non-hydrogen) atoms. The Morgan fingerprint density at radius 3 is 2.53 bits per heavy atom. The average Bonchev–Trinajstić information content (AvgIpc) is 3.49. The summed E-state index contributed by atoms with van der Waals surface area (Å²) in [5.41, 5.74) is 1.21. The standard InChI is InChI=1S/C22H21N3O4S/c26-20(25-12-6-7-13-25)15-30-18-11-5-4-10-17(18)22(27)28-14-19-23-24-21(29-19)16-8-2-1-3-9-16/h1-5,8-11H,6-7,12-15H2. The molecule has 1 aliphatic heterocycles. The highest BCUT2D eigenvalue weighted by Crippen LogP contribution is 2.25. The lowest BCUT2D eigenvalue weighted by molar-refractivity contribution is -0.127. The van der Waals surface area contributed by atoms with Crippen LogP contribution in [0.2, 0.25) is 0 Å². The van der Waals surface area contributed by atoms with Gasteiger partial charge in [0.2, 0.25) is 11.8 Å². The molecule has 1 fully saturated rings. The first-order valence-electron chi connectivity index (χ1n) is 9.75. The van der Waals surface area contributed by atoms with E-state index in [0.29, 0.717) is 22.1 Å². The third-order valence-electron chi connectivity index (χ3n) is 4.73. The van der Waals surface area contributed by atoms with Gasteiger partial charge in [0.1, 0.15) is 0 Å². The molecule has 0 N–H and O–H groups in total. The molecule has 3 aromatic rings. The van der Waals surface area contributed by atoms with Crippen molar-refractivity contribution in [1.29, 1.82) is 0 Å². The molecular weight excluding hydrogens is 402 g/mol. The van der Waals surface area contributed by atoms with E-state index >= 15 is 0 Å². The van der Waals surface area contributed by atoms with E-state index in [1.165, 1.54) is 11.8 Å². The van der Waals surface area contributed by atoms with Crippen molar-refractivity contribution in [2.75, 3.05) is 18.8 Å². The minimum absolute atomic E-state index is 0.0972. The molecule has 1 saturated heterocycles. The SMILES string of the molecule is O=C(OCc1nnc(-c2ccccc2)o1)c1ccccc1SCC(=O)N1CCCC1. The third kappa shape index (κ3) is 4.88. The maximum absolute atomic E-state index is 12.6. The van der Waals surface area contributed by atoms with Crippen LogP contribution in [0.15, 0.2) is 63.9 Å². The fourth-order valence-corrected chi connectivity index (χ4v) is 4.12. The maximum atomic E-state index is 12.6. The van der Waals surface area contributed by atoms with Crippen LogP contribution in [0.25, 0.3) is 11.5 Å². The second-order valence-corrected chi connectivity index (χ2v) is 7.83. The molecule has 1 amide bonds. The first-order valence-corrected chi connectivity index (χ1v) is 10.7. The smallest absolute Gasteiger partial charge is 0.339 e. The second kappa shape index (κ2) is 9.58. The predicted molar refractivity (Wildman–Crippen MR) is 112 cm³/mol. The van der Waals surface area contributed by atoms with Gasteiger partial charge in [-0.05, 0) is 37.1 Å². The van der Waals surface area contributed by atoms with Crippen LogP contribution in [0.3, 0.4) is 0 Å². The van der Waals surface area contributed by atoms with E-state index in [1.54, 1.807) is 12.1 Å². The normalized spacial score (nSPS) is 13.4. The van der Waals surface area contributed by atoms with Gasteiger partial charge in [-0.25, -0.2) is 4.79 Å². The van der Waals surface area contributed by atoms with Crippen molar-refractivity contribution < 1.29 is 18.7 Å². The van der Waals surface area contributed by atoms with Gasteiger partial charge in [0.15, 0.2) is 6.61 Å². The number of rotatable bonds is 7. The number of ether oxygens (including phenoxy) is 1. The number of carbonyl (C=O) groups excluding carboxylic acids is 2. The summed E-state index contributed by atoms with van der Waals surface area (Å²) >= 11 is 1.35. The Morgan fingerprint density at radius 2 is 1.73 bits per heavy atom. The first kappa shape index (κ1) is 20.2. The van der Waals surface area contributed by atoms with Crippen LogP contribution in [0.4, 0.5) is 0 Å². The summed E-state index contributed by atoms with van der Waals surface area (Å²) in [6, 6.07) is 16.5. The van der Waals surface area contributed by atoms with Gasteiger partial charge in [0, 0.05) is 23.5 Å². The van der Waals surface area contributed by atoms with Gasteiger partial charge in [-0.1, -0.05) is 30.3 Å². The summed E-state index contributed by atoms with van der Waals surface area (Å²) < 4.78 is 10.9. The minimum atomic E-state index is -0.494. The lowest BCUT2D eigenvalue weighted by Crippen LogP contribution is -2.29. The van der Waals surface area contributed by atoms with Gasteiger partial charge < -0.3 is 14.1 Å². The van der Waals surface area contributed by atoms with E-state index in [1.807, 2.05) is 47.4 Å². The topological polar surface area (TPSA) is 85.5 Å². The number of amides is 1. The van der Waals surface area contributed by atoms with Crippen molar-refractivity contribution >= 4 is 23.6 Å². The van der Waals surface area contributed by atoms with E-state index in [-0.39, 0.29) is 18.4 Å². The Bertz CT molecular complexity index is 1020. The van der Waals surface area contributed by atoms with Crippen molar-refractivity contribution in [2.24, 2.45) is 0 Å². The molecule has 2 heterocycles. The summed E-state index contributed by atoms with van der Waals surface area (Å²) in [6.07, 6.45) is 2.11. The number of thioether (sulfide) groups is 1. The number of esters is 1. The van der Waals surface area contributed by atoms with E-state index in [0.717, 1.165) is 31.5 Å². The molecule has 0 unspecified atom stereocenters. The monoisotopic (exact) mass is 423 g/mol. The summed E-state index contributed by atoms with van der Waals surface area (Å²) in [5, 5.41) is 7.92. The molecule has 0 radical (unpaired) electrons. The van der Waals surface area contributed by atoms with Crippen LogP contribution in [-0.4, -0.2) is 45.8 Å². The largest absolute Gasteiger partial charge is 0.452 e. The highest BCUT2D eigenvalue weighted by atomic mass is 32.2. The van der Waals surface area contributed by atoms with Crippen LogP contribution in [0.1, 0.15) is 29.1 Å². The molecule has 0 aliphatic carbocycles. The molecule has 0 saturated carbocycles. The Kier molecular flexibility index (Phi) is 6.44. The van der Waals surface area contributed by atoms with Gasteiger partial charge in [-0.15, -0.1) is 22.0 Å². The van der Waals surface area contributed by atoms with E-state index < -0.39 is 5.97 Å². The number of nitrogens with zero attached hydrogens (tertiary/aromatic N) is 3. The van der Waals surface area contributed by atoms with Gasteiger partial charge in [0.05, 0.1) is 11.3 Å². The lowest BCUT2D eigenvalue weighted by Gasteiger charge is -2.15. The zero-order valence-electron chi connectivity index (χ0n) is 16.3. The van der Waals surface area contributed by atoms with Gasteiger partial charge in [-0.2, -0.15) is 0 Å². The molecule has 0 atom stereocenters. The number of carbonyl (C=O) groups is 2. The van der Waals surface area contributed by atoms with Crippen LogP contribution in [-0.2, 0) is 16.1 Å². The molecule has 154 valence electrons. The van der Waals surface area contributed by atoms with Gasteiger partial charge >= 0.3 is 5.97 Å². The highest BCUT2D eigenvalue weighted by Gasteiger charge is 2.20. The zero-order valence-corrected chi connectivity index (χ0v) is 17.1. The molecule has 1 aliphatic rings. The van der Waals surface area contributed by atoms with Crippen molar-refractivity contribution in [3.05, 3.63) is 66.1 Å². The average molecular weight is 423 g/mol. The lowest BCUT2D eigenvalue weighted by atomic mass is 10.2. The summed E-state index contributed by atoms with van der Waals surface area (Å²) in [6.45, 7) is 1.51. The quantitative estimate of drug-likeness (QED) is 0.422. The maximum Gasteiger partial charge on any atom is 0.339 e. The number of aromatic nitrogens is 2. The van der Waals surface area contributed by atoms with Crippen LogP contribution in [0.5, 0.6) is 0 Å². The van der Waals surface area contributed by atoms with Crippen LogP contribution >= 0.6 is 11.8 Å². The van der Waals surface area contributed by atoms with Gasteiger partial charge in [-0.3, -0.25) is 4.79 Å². The summed E-state index contributed by atoms with van der Waals surface area (Å²) in [4.78, 5) is 27.5. The van der Waals surface area contributed by atoms with Crippen molar-refractivity contribution in [3.63, 3.8) is 0 Å². The van der Waals surface area contributed by atoms with E-state index in [2.05, 4.69) is 10.2 Å². The zero-order chi connectivity index (χ0) is 20.8. The fourth-order valence-electron chi connectivity index (χ4n) is 3.17. The summed E-state index contributed by atoms with van der Waals surface area (Å²) in [5.74, 6) is 0.495. The molecule has 4 rings (SSSR count). The Hall–Kier alpha value is -3.13. The summed E-state index contributed by atoms with van der Waals surface area (Å²) in [7, 11) is 0. The molecule has 2 aromatic carbocycles. The van der Waals surface area contributed by atoms with Crippen molar-refractivity contribution in [2.45, 2.75) is 24.3 Å². The number of hydrogen-bond donors (Lipinski definition) is 0. The molecule has 8 heteroatoms. The highest BCUT2D eigenvalue weighted by molar-refractivity contribution is 8.00. The predicted octanol–water partition coefficient (Wildman–Crippen LogP) is 3.81. The Balaban J connectivity index is 1.36.